The Morgan fingerprint density at radius 1 is 1.80 bits per heavy atom. The minimum absolute atomic E-state index is 0. The number of hydrogen-bond acceptors (Lipinski definition) is 5. The predicted octanol–water partition coefficient (Wildman–Crippen LogP) is -4.29. The monoisotopic (exact) mass is 176 g/mol. The van der Waals surface area contributed by atoms with Crippen molar-refractivity contribution in [3.63, 3.8) is 0 Å². The van der Waals surface area contributed by atoms with E-state index in [2.05, 4.69) is 4.18 Å². The Kier molecular flexibility index (Phi) is 8.24. The van der Waals surface area contributed by atoms with E-state index in [1.54, 1.807) is 0 Å². The van der Waals surface area contributed by atoms with E-state index in [0.29, 0.717) is 0 Å². The van der Waals surface area contributed by atoms with Crippen LogP contribution < -0.4 is 29.6 Å². The van der Waals surface area contributed by atoms with Crippen LogP contribution in [0.4, 0.5) is 0 Å². The second-order valence-electron chi connectivity index (χ2n) is 1.28. The maximum absolute atomic E-state index is 10.1. The van der Waals surface area contributed by atoms with Crippen molar-refractivity contribution in [3.05, 3.63) is 0 Å². The van der Waals surface area contributed by atoms with Crippen LogP contribution in [-0.4, -0.2) is 25.9 Å². The van der Waals surface area contributed by atoms with E-state index in [0.717, 1.165) is 6.92 Å². The Morgan fingerprint density at radius 2 is 2.20 bits per heavy atom. The summed E-state index contributed by atoms with van der Waals surface area (Å²) >= 11 is -2.88. The molecule has 2 unspecified atom stereocenters. The first-order valence-corrected chi connectivity index (χ1v) is 3.03. The Morgan fingerprint density at radius 3 is 2.30 bits per heavy atom. The molecule has 0 saturated heterocycles. The predicted molar refractivity (Wildman–Crippen MR) is 26.7 cm³/mol. The Labute approximate surface area is 82.5 Å². The molecular formula is C3H5NaO5S. The van der Waals surface area contributed by atoms with Crippen LogP contribution in [-0.2, 0) is 20.3 Å². The van der Waals surface area contributed by atoms with Gasteiger partial charge in [-0.15, -0.1) is 0 Å². The average molecular weight is 176 g/mol. The zero-order valence-electron chi connectivity index (χ0n) is 5.57. The molecule has 54 valence electrons. The molecule has 10 heavy (non-hydrogen) atoms. The first-order chi connectivity index (χ1) is 4.04. The molecule has 0 radical (unpaired) electrons. The van der Waals surface area contributed by atoms with Crippen LogP contribution in [0.3, 0.4) is 0 Å². The molecule has 0 aliphatic carbocycles. The smallest absolute Gasteiger partial charge is 0.740 e. The molecule has 0 aliphatic rings. The Hall–Kier alpha value is 0.540. The van der Waals surface area contributed by atoms with Crippen LogP contribution in [0.15, 0.2) is 0 Å². The van der Waals surface area contributed by atoms with Gasteiger partial charge in [-0.3, -0.25) is 0 Å². The Balaban J connectivity index is 0. The van der Waals surface area contributed by atoms with Crippen LogP contribution in [0.2, 0.25) is 0 Å². The largest absolute Gasteiger partial charge is 1.00 e. The molecule has 0 heterocycles. The maximum atomic E-state index is 10.1. The van der Waals surface area contributed by atoms with Gasteiger partial charge in [0.2, 0.25) is 0 Å². The summed E-state index contributed by atoms with van der Waals surface area (Å²) in [6.45, 7) is 1.11. The quantitative estimate of drug-likeness (QED) is 0.340. The van der Waals surface area contributed by atoms with Crippen molar-refractivity contribution in [2.45, 2.75) is 13.0 Å². The fraction of sp³-hybridized carbons (Fsp3) is 0.667. The molecule has 5 nitrogen and oxygen atoms in total. The normalized spacial score (nSPS) is 14.7. The van der Waals surface area contributed by atoms with Crippen LogP contribution in [0.1, 0.15) is 6.92 Å². The number of rotatable bonds is 2. The number of hydrogen-bond donors (Lipinski definition) is 1. The summed E-state index contributed by atoms with van der Waals surface area (Å²) in [6, 6.07) is 0. The van der Waals surface area contributed by atoms with Gasteiger partial charge in [-0.25, -0.2) is 9.00 Å². The number of aliphatic hydroxyl groups is 1. The molecule has 0 aromatic rings. The fourth-order valence-electron chi connectivity index (χ4n) is 0.137. The Bertz CT molecular complexity index is 135. The summed E-state index contributed by atoms with van der Waals surface area (Å²) < 4.78 is 22.7. The standard InChI is InChI=1S/C3H6O5S.Na/c1-2(4)3(5)8-9(6)7;/h2,4H,1H3,(H,6,7);/q;+1/p-1. The van der Waals surface area contributed by atoms with Crippen LogP contribution in [0.25, 0.3) is 0 Å². The van der Waals surface area contributed by atoms with Crippen molar-refractivity contribution >= 4 is 17.3 Å². The zero-order valence-corrected chi connectivity index (χ0v) is 8.38. The van der Waals surface area contributed by atoms with Crippen LogP contribution in [0, 0.1) is 0 Å². The molecule has 0 fully saturated rings. The van der Waals surface area contributed by atoms with Crippen LogP contribution in [0.5, 0.6) is 0 Å². The van der Waals surface area contributed by atoms with Gasteiger partial charge in [0.15, 0.2) is 0 Å². The molecule has 0 amide bonds. The van der Waals surface area contributed by atoms with Crippen molar-refractivity contribution < 1.29 is 52.4 Å². The van der Waals surface area contributed by atoms with Gasteiger partial charge in [-0.05, 0) is 6.92 Å². The summed E-state index contributed by atoms with van der Waals surface area (Å²) in [5, 5.41) is 8.32. The summed E-state index contributed by atoms with van der Waals surface area (Å²) in [5.74, 6) is -1.18. The maximum Gasteiger partial charge on any atom is 1.00 e. The molecule has 0 bridgehead atoms. The second kappa shape index (κ2) is 6.26. The van der Waals surface area contributed by atoms with Crippen molar-refractivity contribution in [1.82, 2.24) is 0 Å². The topological polar surface area (TPSA) is 86.7 Å². The molecule has 0 spiro atoms. The van der Waals surface area contributed by atoms with Crippen molar-refractivity contribution in [1.29, 1.82) is 0 Å². The molecule has 0 rings (SSSR count). The van der Waals surface area contributed by atoms with Crippen molar-refractivity contribution in [2.24, 2.45) is 0 Å². The van der Waals surface area contributed by atoms with Gasteiger partial charge in [0.1, 0.15) is 17.5 Å². The summed E-state index contributed by atoms with van der Waals surface area (Å²) in [6.07, 6.45) is -1.40. The van der Waals surface area contributed by atoms with Crippen LogP contribution >= 0.6 is 0 Å². The molecule has 0 aromatic carbocycles. The van der Waals surface area contributed by atoms with Gasteiger partial charge in [0.25, 0.3) is 0 Å². The number of carbonyl (C=O) groups is 1. The van der Waals surface area contributed by atoms with Gasteiger partial charge in [0.05, 0.1) is 0 Å². The summed E-state index contributed by atoms with van der Waals surface area (Å²) in [4.78, 5) is 10.1. The number of carbonyl (C=O) groups excluding carboxylic acids is 1. The summed E-state index contributed by atoms with van der Waals surface area (Å²) in [7, 11) is 0. The molecule has 7 heteroatoms. The molecule has 2 atom stereocenters. The SMILES string of the molecule is CC(O)C(=O)OS(=O)[O-].[Na+]. The van der Waals surface area contributed by atoms with Gasteiger partial charge < -0.3 is 13.8 Å². The zero-order chi connectivity index (χ0) is 7.44. The molecule has 0 aromatic heterocycles. The van der Waals surface area contributed by atoms with E-state index in [4.69, 9.17) is 5.11 Å². The molecule has 0 aliphatic heterocycles. The van der Waals surface area contributed by atoms with E-state index in [1.807, 2.05) is 0 Å². The number of aliphatic hydroxyl groups excluding tert-OH is 1. The minimum Gasteiger partial charge on any atom is -0.740 e. The summed E-state index contributed by atoms with van der Waals surface area (Å²) in [5.41, 5.74) is 0. The van der Waals surface area contributed by atoms with Gasteiger partial charge in [-0.2, -0.15) is 0 Å². The fourth-order valence-corrected chi connectivity index (χ4v) is 0.410. The first-order valence-electron chi connectivity index (χ1n) is 2.03. The second-order valence-corrected chi connectivity index (χ2v) is 1.86. The van der Waals surface area contributed by atoms with E-state index in [1.165, 1.54) is 0 Å². The molecular weight excluding hydrogens is 171 g/mol. The minimum atomic E-state index is -2.88. The van der Waals surface area contributed by atoms with E-state index < -0.39 is 23.4 Å². The van der Waals surface area contributed by atoms with Gasteiger partial charge in [-0.1, -0.05) is 0 Å². The molecule has 1 N–H and O–H groups in total. The average Bonchev–Trinajstić information content (AvgIpc) is 1.63. The van der Waals surface area contributed by atoms with E-state index in [-0.39, 0.29) is 29.6 Å². The van der Waals surface area contributed by atoms with Crippen molar-refractivity contribution in [2.75, 3.05) is 0 Å². The third-order valence-electron chi connectivity index (χ3n) is 0.491. The third kappa shape index (κ3) is 6.66. The van der Waals surface area contributed by atoms with Gasteiger partial charge in [0, 0.05) is 0 Å². The van der Waals surface area contributed by atoms with Gasteiger partial charge >= 0.3 is 35.5 Å². The van der Waals surface area contributed by atoms with E-state index in [9.17, 15) is 13.6 Å². The first kappa shape index (κ1) is 13.2. The van der Waals surface area contributed by atoms with Crippen molar-refractivity contribution in [3.8, 4) is 0 Å². The van der Waals surface area contributed by atoms with E-state index >= 15 is 0 Å². The third-order valence-corrected chi connectivity index (χ3v) is 0.792. The molecule has 0 saturated carbocycles.